The maximum absolute atomic E-state index is 11.0. The molecule has 0 bridgehead atoms. The summed E-state index contributed by atoms with van der Waals surface area (Å²) in [7, 11) is 0. The van der Waals surface area contributed by atoms with Crippen LogP contribution in [0.1, 0.15) is 36.8 Å². The Kier molecular flexibility index (Phi) is 4.01. The van der Waals surface area contributed by atoms with Crippen LogP contribution in [-0.4, -0.2) is 10.6 Å². The van der Waals surface area contributed by atoms with Gasteiger partial charge in [0.05, 0.1) is 4.92 Å². The second-order valence-corrected chi connectivity index (χ2v) is 6.62. The number of nitrogens with zero attached hydrogens (tertiary/aromatic N) is 1. The topological polar surface area (TPSA) is 64.4 Å². The maximum Gasteiger partial charge on any atom is 0.270 e. The van der Waals surface area contributed by atoms with E-state index in [0.717, 1.165) is 37.8 Å². The van der Waals surface area contributed by atoms with Gasteiger partial charge < -0.3 is 4.74 Å². The summed E-state index contributed by atoms with van der Waals surface area (Å²) in [6.07, 6.45) is 6.14. The Labute approximate surface area is 146 Å². The minimum atomic E-state index is -0.503. The van der Waals surface area contributed by atoms with Crippen LogP contribution in [0.15, 0.2) is 54.1 Å². The van der Waals surface area contributed by atoms with Crippen LogP contribution in [0, 0.1) is 10.1 Å². The van der Waals surface area contributed by atoms with E-state index in [4.69, 9.17) is 4.74 Å². The second kappa shape index (κ2) is 6.33. The zero-order valence-electron chi connectivity index (χ0n) is 13.9. The first kappa shape index (κ1) is 15.8. The molecule has 1 fully saturated rings. The van der Waals surface area contributed by atoms with Crippen LogP contribution in [0.5, 0.6) is 5.75 Å². The van der Waals surface area contributed by atoms with Gasteiger partial charge in [-0.1, -0.05) is 30.3 Å². The third kappa shape index (κ3) is 3.03. The molecule has 0 amide bonds. The van der Waals surface area contributed by atoms with Gasteiger partial charge in [0.25, 0.3) is 5.69 Å². The summed E-state index contributed by atoms with van der Waals surface area (Å²) >= 11 is 0. The summed E-state index contributed by atoms with van der Waals surface area (Å²) in [6, 6.07) is 15.1. The van der Waals surface area contributed by atoms with Gasteiger partial charge in [0, 0.05) is 30.7 Å². The number of benzene rings is 2. The Morgan fingerprint density at radius 1 is 1.16 bits per heavy atom. The fourth-order valence-electron chi connectivity index (χ4n) is 3.67. The quantitative estimate of drug-likeness (QED) is 0.662. The molecular formula is C20H20N2O3. The summed E-state index contributed by atoms with van der Waals surface area (Å²) in [5.74, 6) is 0.705. The molecule has 1 N–H and O–H groups in total. The number of nitrogens with one attached hydrogen (secondary N) is 1. The van der Waals surface area contributed by atoms with Gasteiger partial charge in [0.1, 0.15) is 5.75 Å². The number of nitro benzene ring substituents is 1. The predicted molar refractivity (Wildman–Crippen MR) is 96.2 cm³/mol. The van der Waals surface area contributed by atoms with Crippen molar-refractivity contribution >= 4 is 11.8 Å². The molecule has 0 radical (unpaired) electrons. The van der Waals surface area contributed by atoms with E-state index < -0.39 is 5.72 Å². The molecule has 5 nitrogen and oxygen atoms in total. The summed E-state index contributed by atoms with van der Waals surface area (Å²) in [5.41, 5.74) is 2.78. The smallest absolute Gasteiger partial charge is 0.270 e. The van der Waals surface area contributed by atoms with Crippen molar-refractivity contribution in [1.82, 2.24) is 5.32 Å². The molecule has 128 valence electrons. The first-order valence-electron chi connectivity index (χ1n) is 8.64. The Hall–Kier alpha value is -2.66. The van der Waals surface area contributed by atoms with Gasteiger partial charge in [-0.15, -0.1) is 0 Å². The highest BCUT2D eigenvalue weighted by Crippen LogP contribution is 2.43. The van der Waals surface area contributed by atoms with E-state index >= 15 is 0 Å². The molecule has 0 aromatic heterocycles. The van der Waals surface area contributed by atoms with E-state index in [1.54, 1.807) is 12.1 Å². The molecule has 0 spiro atoms. The van der Waals surface area contributed by atoms with Crippen molar-refractivity contribution in [2.24, 2.45) is 0 Å². The van der Waals surface area contributed by atoms with Crippen molar-refractivity contribution < 1.29 is 9.66 Å². The summed E-state index contributed by atoms with van der Waals surface area (Å²) in [5, 5.41) is 14.6. The van der Waals surface area contributed by atoms with E-state index in [1.165, 1.54) is 17.2 Å². The molecule has 2 aromatic carbocycles. The Bertz CT molecular complexity index is 832. The van der Waals surface area contributed by atoms with Crippen LogP contribution in [0.3, 0.4) is 0 Å². The largest absolute Gasteiger partial charge is 0.468 e. The number of nitro groups is 1. The number of hydrogen-bond acceptors (Lipinski definition) is 4. The van der Waals surface area contributed by atoms with Crippen molar-refractivity contribution in [3.05, 3.63) is 75.3 Å². The third-order valence-electron chi connectivity index (χ3n) is 4.98. The fraction of sp³-hybridized carbons (Fsp3) is 0.300. The molecule has 5 heteroatoms. The molecule has 25 heavy (non-hydrogen) atoms. The van der Waals surface area contributed by atoms with Gasteiger partial charge in [-0.3, -0.25) is 15.4 Å². The van der Waals surface area contributed by atoms with Crippen molar-refractivity contribution in [3.63, 3.8) is 0 Å². The first-order valence-corrected chi connectivity index (χ1v) is 8.64. The Balaban J connectivity index is 1.65. The van der Waals surface area contributed by atoms with E-state index in [9.17, 15) is 10.1 Å². The average Bonchev–Trinajstić information content (AvgIpc) is 2.65. The Morgan fingerprint density at radius 2 is 2.00 bits per heavy atom. The third-order valence-corrected chi connectivity index (χ3v) is 4.98. The van der Waals surface area contributed by atoms with Gasteiger partial charge in [0.15, 0.2) is 5.72 Å². The van der Waals surface area contributed by atoms with Gasteiger partial charge >= 0.3 is 0 Å². The fourth-order valence-corrected chi connectivity index (χ4v) is 3.67. The van der Waals surface area contributed by atoms with Crippen LogP contribution in [0.4, 0.5) is 5.69 Å². The van der Waals surface area contributed by atoms with Crippen LogP contribution >= 0.6 is 0 Å². The van der Waals surface area contributed by atoms with Crippen molar-refractivity contribution in [2.45, 2.75) is 38.0 Å². The first-order chi connectivity index (χ1) is 12.2. The highest BCUT2D eigenvalue weighted by molar-refractivity contribution is 5.67. The normalized spacial score (nSPS) is 21.5. The number of ether oxygens (including phenoxy) is 1. The molecule has 1 aliphatic heterocycles. The van der Waals surface area contributed by atoms with Crippen LogP contribution in [-0.2, 0) is 6.54 Å². The summed E-state index contributed by atoms with van der Waals surface area (Å²) in [4.78, 5) is 10.7. The lowest BCUT2D eigenvalue weighted by molar-refractivity contribution is -0.384. The van der Waals surface area contributed by atoms with Gasteiger partial charge in [-0.25, -0.2) is 0 Å². The highest BCUT2D eigenvalue weighted by atomic mass is 16.6. The van der Waals surface area contributed by atoms with Crippen molar-refractivity contribution in [3.8, 4) is 5.75 Å². The van der Waals surface area contributed by atoms with E-state index in [2.05, 4.69) is 23.5 Å². The zero-order chi connectivity index (χ0) is 17.3. The van der Waals surface area contributed by atoms with Gasteiger partial charge in [-0.05, 0) is 42.5 Å². The van der Waals surface area contributed by atoms with E-state index in [-0.39, 0.29) is 10.6 Å². The average molecular weight is 336 g/mol. The van der Waals surface area contributed by atoms with Crippen LogP contribution < -0.4 is 10.1 Å². The monoisotopic (exact) mass is 336 g/mol. The molecule has 2 aliphatic rings. The van der Waals surface area contributed by atoms with Gasteiger partial charge in [0.2, 0.25) is 0 Å². The standard InChI is InChI=1S/C20H20N2O3/c23-22(24)18-9-10-19-16(13-18)12-17-8-4-5-11-20(17,25-19)21-14-15-6-2-1-3-7-15/h1-3,6-7,9-10,12-13,21H,4-5,8,11,14H2/t20-/m0/s1. The predicted octanol–water partition coefficient (Wildman–Crippen LogP) is 4.43. The zero-order valence-corrected chi connectivity index (χ0v) is 13.9. The van der Waals surface area contributed by atoms with Crippen molar-refractivity contribution in [2.75, 3.05) is 0 Å². The lowest BCUT2D eigenvalue weighted by Gasteiger charge is -2.43. The summed E-state index contributed by atoms with van der Waals surface area (Å²) in [6.45, 7) is 0.723. The minimum absolute atomic E-state index is 0.0970. The number of non-ortho nitro benzene ring substituents is 1. The summed E-state index contributed by atoms with van der Waals surface area (Å²) < 4.78 is 6.38. The molecule has 1 atom stereocenters. The molecule has 1 heterocycles. The maximum atomic E-state index is 11.0. The molecule has 1 aliphatic carbocycles. The second-order valence-electron chi connectivity index (χ2n) is 6.62. The Morgan fingerprint density at radius 3 is 2.80 bits per heavy atom. The van der Waals surface area contributed by atoms with E-state index in [1.807, 2.05) is 18.2 Å². The number of rotatable bonds is 4. The lowest BCUT2D eigenvalue weighted by atomic mass is 9.83. The highest BCUT2D eigenvalue weighted by Gasteiger charge is 2.41. The molecule has 4 rings (SSSR count). The van der Waals surface area contributed by atoms with Crippen LogP contribution in [0.25, 0.3) is 6.08 Å². The lowest BCUT2D eigenvalue weighted by Crippen LogP contribution is -2.54. The number of hydrogen-bond donors (Lipinski definition) is 1. The van der Waals surface area contributed by atoms with Crippen molar-refractivity contribution in [1.29, 1.82) is 0 Å². The molecule has 1 saturated carbocycles. The van der Waals surface area contributed by atoms with Gasteiger partial charge in [-0.2, -0.15) is 0 Å². The van der Waals surface area contributed by atoms with Crippen LogP contribution in [0.2, 0.25) is 0 Å². The SMILES string of the molecule is O=[N+]([O-])c1ccc2c(c1)C=C1CCCC[C@]1(NCc1ccccc1)O2. The molecule has 0 saturated heterocycles. The molecule has 2 aromatic rings. The van der Waals surface area contributed by atoms with E-state index in [0.29, 0.717) is 5.75 Å². The molecule has 0 unspecified atom stereocenters. The molecular weight excluding hydrogens is 316 g/mol. The minimum Gasteiger partial charge on any atom is -0.468 e. The number of fused-ring (bicyclic) bond motifs is 2.